The molecular formula is C25H41NO4S. The van der Waals surface area contributed by atoms with Crippen LogP contribution in [-0.4, -0.2) is 42.6 Å². The molecule has 0 saturated heterocycles. The smallest absolute Gasteiger partial charge is 0.330 e. The van der Waals surface area contributed by atoms with Gasteiger partial charge in [0.15, 0.2) is 0 Å². The maximum absolute atomic E-state index is 14.2. The number of nitrogens with zero attached hydrogens (tertiary/aromatic N) is 1. The summed E-state index contributed by atoms with van der Waals surface area (Å²) in [6.07, 6.45) is 14.4. The first kappa shape index (κ1) is 23.3. The molecule has 4 aliphatic carbocycles. The summed E-state index contributed by atoms with van der Waals surface area (Å²) >= 11 is 0. The van der Waals surface area contributed by atoms with Gasteiger partial charge in [-0.2, -0.15) is 4.31 Å². The van der Waals surface area contributed by atoms with Gasteiger partial charge in [0.2, 0.25) is 10.0 Å². The van der Waals surface area contributed by atoms with Gasteiger partial charge in [-0.05, 0) is 56.3 Å². The third-order valence-corrected chi connectivity index (χ3v) is 11.5. The summed E-state index contributed by atoms with van der Waals surface area (Å²) in [5, 5.41) is 0. The summed E-state index contributed by atoms with van der Waals surface area (Å²) < 4.78 is 36.2. The molecule has 4 aliphatic rings. The summed E-state index contributed by atoms with van der Waals surface area (Å²) in [6, 6.07) is 0.295. The van der Waals surface area contributed by atoms with Crippen LogP contribution in [0.3, 0.4) is 0 Å². The highest BCUT2D eigenvalue weighted by Crippen LogP contribution is 2.67. The Labute approximate surface area is 189 Å². The molecule has 2 bridgehead atoms. The zero-order valence-corrected chi connectivity index (χ0v) is 20.3. The van der Waals surface area contributed by atoms with Crippen molar-refractivity contribution in [2.24, 2.45) is 16.7 Å². The molecule has 3 atom stereocenters. The zero-order valence-electron chi connectivity index (χ0n) is 19.5. The van der Waals surface area contributed by atoms with Crippen molar-refractivity contribution in [3.63, 3.8) is 0 Å². The van der Waals surface area contributed by atoms with Gasteiger partial charge >= 0.3 is 5.97 Å². The topological polar surface area (TPSA) is 63.7 Å². The van der Waals surface area contributed by atoms with Gasteiger partial charge in [0.1, 0.15) is 6.10 Å². The minimum absolute atomic E-state index is 0.117. The predicted molar refractivity (Wildman–Crippen MR) is 123 cm³/mol. The van der Waals surface area contributed by atoms with E-state index in [1.807, 2.05) is 4.31 Å². The molecule has 4 rings (SSSR count). The zero-order chi connectivity index (χ0) is 22.3. The minimum Gasteiger partial charge on any atom is -0.459 e. The van der Waals surface area contributed by atoms with Gasteiger partial charge in [0.25, 0.3) is 0 Å². The van der Waals surface area contributed by atoms with Crippen molar-refractivity contribution in [2.75, 3.05) is 5.75 Å². The molecule has 0 aromatic rings. The number of rotatable bonds is 7. The monoisotopic (exact) mass is 451 g/mol. The Morgan fingerprint density at radius 3 is 2.03 bits per heavy atom. The number of esters is 1. The van der Waals surface area contributed by atoms with Crippen LogP contribution in [0.15, 0.2) is 12.7 Å². The highest BCUT2D eigenvalue weighted by Gasteiger charge is 2.67. The first-order valence-electron chi connectivity index (χ1n) is 12.6. The summed E-state index contributed by atoms with van der Waals surface area (Å²) in [6.45, 7) is 7.95. The van der Waals surface area contributed by atoms with E-state index in [0.29, 0.717) is 5.92 Å². The first-order chi connectivity index (χ1) is 14.7. The second kappa shape index (κ2) is 8.81. The fraction of sp³-hybridized carbons (Fsp3) is 0.880. The van der Waals surface area contributed by atoms with Gasteiger partial charge in [-0.3, -0.25) is 0 Å². The van der Waals surface area contributed by atoms with Crippen LogP contribution >= 0.6 is 0 Å². The van der Waals surface area contributed by atoms with Crippen molar-refractivity contribution in [1.29, 1.82) is 0 Å². The molecule has 6 heteroatoms. The fourth-order valence-electron chi connectivity index (χ4n) is 7.52. The second-order valence-electron chi connectivity index (χ2n) is 11.1. The van der Waals surface area contributed by atoms with E-state index in [1.54, 1.807) is 0 Å². The summed E-state index contributed by atoms with van der Waals surface area (Å²) in [5.41, 5.74) is -0.659. The van der Waals surface area contributed by atoms with E-state index in [1.165, 1.54) is 18.9 Å². The average molecular weight is 452 g/mol. The molecule has 0 aromatic heterocycles. The Morgan fingerprint density at radius 2 is 1.55 bits per heavy atom. The standard InChI is InChI=1S/C25H41NO4S/c1-4-23(27)30-22-17-19-15-16-25(22,24(19,2)3)18-31(28,29)26(20-11-7-5-8-12-20)21-13-9-6-10-14-21/h4,19-22H,1,5-18H2,2-3H3/t19-,22-,25-/m1/s1. The number of hydrogen-bond acceptors (Lipinski definition) is 4. The number of hydrogen-bond donors (Lipinski definition) is 0. The predicted octanol–water partition coefficient (Wildman–Crippen LogP) is 5.21. The molecule has 5 nitrogen and oxygen atoms in total. The van der Waals surface area contributed by atoms with Crippen LogP contribution in [0.4, 0.5) is 0 Å². The van der Waals surface area contributed by atoms with Gasteiger partial charge in [0, 0.05) is 23.6 Å². The quantitative estimate of drug-likeness (QED) is 0.394. The molecule has 0 spiro atoms. The summed E-state index contributed by atoms with van der Waals surface area (Å²) in [7, 11) is -3.48. The molecular weight excluding hydrogens is 410 g/mol. The van der Waals surface area contributed by atoms with Crippen LogP contribution in [0, 0.1) is 16.7 Å². The molecule has 0 aromatic carbocycles. The molecule has 31 heavy (non-hydrogen) atoms. The Kier molecular flexibility index (Phi) is 6.62. The minimum atomic E-state index is -3.48. The first-order valence-corrected chi connectivity index (χ1v) is 14.2. The van der Waals surface area contributed by atoms with Crippen molar-refractivity contribution < 1.29 is 17.9 Å². The number of ether oxygens (including phenoxy) is 1. The van der Waals surface area contributed by atoms with Crippen LogP contribution in [0.5, 0.6) is 0 Å². The molecule has 0 radical (unpaired) electrons. The second-order valence-corrected chi connectivity index (χ2v) is 13.0. The van der Waals surface area contributed by atoms with Crippen LogP contribution in [-0.2, 0) is 19.6 Å². The lowest BCUT2D eigenvalue weighted by molar-refractivity contribution is -0.150. The Hall–Kier alpha value is -0.880. The van der Waals surface area contributed by atoms with Crippen molar-refractivity contribution in [1.82, 2.24) is 4.31 Å². The van der Waals surface area contributed by atoms with Crippen LogP contribution in [0.1, 0.15) is 97.3 Å². The van der Waals surface area contributed by atoms with E-state index in [9.17, 15) is 13.2 Å². The maximum atomic E-state index is 14.2. The van der Waals surface area contributed by atoms with E-state index < -0.39 is 21.4 Å². The number of sulfonamides is 1. The van der Waals surface area contributed by atoms with Crippen molar-refractivity contribution in [3.05, 3.63) is 12.7 Å². The maximum Gasteiger partial charge on any atom is 0.330 e. The van der Waals surface area contributed by atoms with E-state index in [4.69, 9.17) is 4.74 Å². The molecule has 0 heterocycles. The summed E-state index contributed by atoms with van der Waals surface area (Å²) in [5.74, 6) is 0.0932. The Bertz CT molecular complexity index is 761. The van der Waals surface area contributed by atoms with E-state index in [2.05, 4.69) is 20.4 Å². The Balaban J connectivity index is 1.66. The average Bonchev–Trinajstić information content (AvgIpc) is 3.09. The molecule has 4 saturated carbocycles. The van der Waals surface area contributed by atoms with Crippen LogP contribution < -0.4 is 0 Å². The van der Waals surface area contributed by atoms with E-state index in [-0.39, 0.29) is 29.4 Å². The lowest BCUT2D eigenvalue weighted by Crippen LogP contribution is -2.54. The van der Waals surface area contributed by atoms with E-state index in [0.717, 1.165) is 70.6 Å². The number of carbonyl (C=O) groups is 1. The third kappa shape index (κ3) is 4.12. The third-order valence-electron chi connectivity index (χ3n) is 9.41. The van der Waals surface area contributed by atoms with Gasteiger partial charge in [-0.15, -0.1) is 0 Å². The molecule has 0 amide bonds. The number of fused-ring (bicyclic) bond motifs is 2. The molecule has 0 N–H and O–H groups in total. The van der Waals surface area contributed by atoms with Gasteiger partial charge in [-0.25, -0.2) is 13.2 Å². The van der Waals surface area contributed by atoms with Crippen LogP contribution in [0.25, 0.3) is 0 Å². The highest BCUT2D eigenvalue weighted by atomic mass is 32.2. The Morgan fingerprint density at radius 1 is 1.00 bits per heavy atom. The normalized spacial score (nSPS) is 34.2. The fourth-order valence-corrected chi connectivity index (χ4v) is 10.3. The summed E-state index contributed by atoms with van der Waals surface area (Å²) in [4.78, 5) is 12.1. The molecule has 0 aliphatic heterocycles. The van der Waals surface area contributed by atoms with Gasteiger partial charge < -0.3 is 4.74 Å². The largest absolute Gasteiger partial charge is 0.459 e. The van der Waals surface area contributed by atoms with Crippen molar-refractivity contribution in [2.45, 2.75) is 116 Å². The lowest BCUT2D eigenvalue weighted by Gasteiger charge is -2.46. The van der Waals surface area contributed by atoms with E-state index >= 15 is 0 Å². The highest BCUT2D eigenvalue weighted by molar-refractivity contribution is 7.89. The molecule has 4 fully saturated rings. The SMILES string of the molecule is C=CC(=O)O[C@@H]1C[C@H]2CC[C@]1(CS(=O)(=O)N(C1CCCCC1)C1CCCCC1)C2(C)C. The van der Waals surface area contributed by atoms with Gasteiger partial charge in [0.05, 0.1) is 5.75 Å². The van der Waals surface area contributed by atoms with Crippen LogP contribution in [0.2, 0.25) is 0 Å². The van der Waals surface area contributed by atoms with Crippen molar-refractivity contribution in [3.8, 4) is 0 Å². The van der Waals surface area contributed by atoms with Crippen molar-refractivity contribution >= 4 is 16.0 Å². The molecule has 0 unspecified atom stereocenters. The molecule has 176 valence electrons. The lowest BCUT2D eigenvalue weighted by atomic mass is 9.69. The van der Waals surface area contributed by atoms with Gasteiger partial charge in [-0.1, -0.05) is 59.0 Å². The number of carbonyl (C=O) groups excluding carboxylic acids is 1.